The Kier molecular flexibility index (Phi) is 3.57. The molecule has 0 aliphatic heterocycles. The minimum absolute atomic E-state index is 0.602. The topological polar surface area (TPSA) is 58.6 Å². The van der Waals surface area contributed by atoms with Crippen LogP contribution in [0.4, 0.5) is 0 Å². The number of aryl methyl sites for hydroxylation is 1. The number of carboxylic acids is 1. The van der Waals surface area contributed by atoms with Gasteiger partial charge in [-0.05, 0) is 49.1 Å². The fraction of sp³-hybridized carbons (Fsp3) is 0.500. The highest BCUT2D eigenvalue weighted by Crippen LogP contribution is 2.39. The Balaban J connectivity index is 2.44. The molecule has 0 spiro atoms. The maximum atomic E-state index is 11.7. The molecule has 98 valence electrons. The molecule has 0 bridgehead atoms. The zero-order valence-corrected chi connectivity index (χ0v) is 10.8. The SMILES string of the molecule is CCCNC1(C(=O)O)CCc2ccc(OC)cc21. The van der Waals surface area contributed by atoms with Gasteiger partial charge in [0.2, 0.25) is 0 Å². The lowest BCUT2D eigenvalue weighted by Gasteiger charge is -2.27. The molecule has 0 heterocycles. The number of methoxy groups -OCH3 is 1. The predicted molar refractivity (Wildman–Crippen MR) is 68.9 cm³/mol. The van der Waals surface area contributed by atoms with Crippen LogP contribution in [0.15, 0.2) is 18.2 Å². The van der Waals surface area contributed by atoms with E-state index in [1.54, 1.807) is 7.11 Å². The van der Waals surface area contributed by atoms with Crippen molar-refractivity contribution in [1.29, 1.82) is 0 Å². The van der Waals surface area contributed by atoms with E-state index < -0.39 is 11.5 Å². The average molecular weight is 249 g/mol. The quantitative estimate of drug-likeness (QED) is 0.837. The maximum Gasteiger partial charge on any atom is 0.328 e. The van der Waals surface area contributed by atoms with E-state index in [1.165, 1.54) is 0 Å². The van der Waals surface area contributed by atoms with Crippen LogP contribution in [-0.2, 0) is 16.8 Å². The first-order valence-electron chi connectivity index (χ1n) is 6.30. The van der Waals surface area contributed by atoms with Crippen molar-refractivity contribution in [1.82, 2.24) is 5.32 Å². The van der Waals surface area contributed by atoms with Crippen LogP contribution >= 0.6 is 0 Å². The number of nitrogens with one attached hydrogen (secondary N) is 1. The van der Waals surface area contributed by atoms with Crippen molar-refractivity contribution < 1.29 is 14.6 Å². The number of rotatable bonds is 5. The molecule has 1 aromatic rings. The normalized spacial score (nSPS) is 21.7. The van der Waals surface area contributed by atoms with E-state index in [0.717, 1.165) is 24.0 Å². The summed E-state index contributed by atoms with van der Waals surface area (Å²) in [6.07, 6.45) is 2.31. The van der Waals surface area contributed by atoms with Gasteiger partial charge in [-0.1, -0.05) is 13.0 Å². The molecular formula is C14H19NO3. The van der Waals surface area contributed by atoms with Crippen molar-refractivity contribution in [2.75, 3.05) is 13.7 Å². The first kappa shape index (κ1) is 12.9. The average Bonchev–Trinajstić information content (AvgIpc) is 2.75. The summed E-state index contributed by atoms with van der Waals surface area (Å²) in [4.78, 5) is 11.7. The van der Waals surface area contributed by atoms with E-state index in [2.05, 4.69) is 5.32 Å². The predicted octanol–water partition coefficient (Wildman–Crippen LogP) is 1.92. The molecule has 4 heteroatoms. The molecule has 0 fully saturated rings. The Hall–Kier alpha value is -1.55. The molecule has 0 aromatic heterocycles. The van der Waals surface area contributed by atoms with Gasteiger partial charge >= 0.3 is 5.97 Å². The van der Waals surface area contributed by atoms with Crippen LogP contribution in [0.1, 0.15) is 30.9 Å². The number of fused-ring (bicyclic) bond motifs is 1. The maximum absolute atomic E-state index is 11.7. The summed E-state index contributed by atoms with van der Waals surface area (Å²) in [5.41, 5.74) is 1.00. The smallest absolute Gasteiger partial charge is 0.328 e. The zero-order valence-electron chi connectivity index (χ0n) is 10.8. The summed E-state index contributed by atoms with van der Waals surface area (Å²) in [5.74, 6) is -0.0949. The lowest BCUT2D eigenvalue weighted by atomic mass is 9.91. The fourth-order valence-corrected chi connectivity index (χ4v) is 2.57. The number of aliphatic carboxylic acids is 1. The van der Waals surface area contributed by atoms with E-state index in [1.807, 2.05) is 25.1 Å². The molecule has 0 radical (unpaired) electrons. The minimum Gasteiger partial charge on any atom is -0.497 e. The van der Waals surface area contributed by atoms with Gasteiger partial charge in [-0.3, -0.25) is 5.32 Å². The van der Waals surface area contributed by atoms with Crippen molar-refractivity contribution >= 4 is 5.97 Å². The summed E-state index contributed by atoms with van der Waals surface area (Å²) in [6.45, 7) is 2.73. The van der Waals surface area contributed by atoms with Crippen LogP contribution in [0.5, 0.6) is 5.75 Å². The molecule has 0 saturated heterocycles. The molecule has 2 N–H and O–H groups in total. The van der Waals surface area contributed by atoms with Crippen LogP contribution in [0.25, 0.3) is 0 Å². The molecule has 18 heavy (non-hydrogen) atoms. The van der Waals surface area contributed by atoms with Gasteiger partial charge in [-0.25, -0.2) is 4.79 Å². The number of hydrogen-bond donors (Lipinski definition) is 2. The highest BCUT2D eigenvalue weighted by molar-refractivity contribution is 5.83. The number of carbonyl (C=O) groups is 1. The van der Waals surface area contributed by atoms with Gasteiger partial charge in [0.1, 0.15) is 11.3 Å². The fourth-order valence-electron chi connectivity index (χ4n) is 2.57. The second-order valence-corrected chi connectivity index (χ2v) is 4.66. The van der Waals surface area contributed by atoms with Gasteiger partial charge < -0.3 is 9.84 Å². The van der Waals surface area contributed by atoms with Gasteiger partial charge in [0, 0.05) is 0 Å². The van der Waals surface area contributed by atoms with Crippen molar-refractivity contribution in [2.45, 2.75) is 31.7 Å². The second kappa shape index (κ2) is 4.98. The van der Waals surface area contributed by atoms with Gasteiger partial charge in [0.05, 0.1) is 7.11 Å². The van der Waals surface area contributed by atoms with Crippen molar-refractivity contribution in [2.24, 2.45) is 0 Å². The Morgan fingerprint density at radius 2 is 2.33 bits per heavy atom. The second-order valence-electron chi connectivity index (χ2n) is 4.66. The molecule has 2 rings (SSSR count). The van der Waals surface area contributed by atoms with E-state index in [9.17, 15) is 9.90 Å². The molecule has 1 atom stereocenters. The lowest BCUT2D eigenvalue weighted by molar-refractivity contribution is -0.145. The summed E-state index contributed by atoms with van der Waals surface area (Å²) >= 11 is 0. The highest BCUT2D eigenvalue weighted by Gasteiger charge is 2.45. The van der Waals surface area contributed by atoms with Crippen LogP contribution in [-0.4, -0.2) is 24.7 Å². The largest absolute Gasteiger partial charge is 0.497 e. The standard InChI is InChI=1S/C14H19NO3/c1-3-8-15-14(13(16)17)7-6-10-4-5-11(18-2)9-12(10)14/h4-5,9,15H,3,6-8H2,1-2H3,(H,16,17). The monoisotopic (exact) mass is 249 g/mol. The molecule has 1 unspecified atom stereocenters. The van der Waals surface area contributed by atoms with Gasteiger partial charge in [0.15, 0.2) is 0 Å². The molecule has 4 nitrogen and oxygen atoms in total. The molecule has 1 aromatic carbocycles. The van der Waals surface area contributed by atoms with E-state index in [0.29, 0.717) is 18.7 Å². The third kappa shape index (κ3) is 1.97. The molecular weight excluding hydrogens is 230 g/mol. The Morgan fingerprint density at radius 1 is 1.56 bits per heavy atom. The van der Waals surface area contributed by atoms with Crippen molar-refractivity contribution in [3.63, 3.8) is 0 Å². The van der Waals surface area contributed by atoms with Crippen molar-refractivity contribution in [3.05, 3.63) is 29.3 Å². The van der Waals surface area contributed by atoms with E-state index in [4.69, 9.17) is 4.74 Å². The summed E-state index contributed by atoms with van der Waals surface area (Å²) in [7, 11) is 1.60. The molecule has 0 amide bonds. The van der Waals surface area contributed by atoms with Gasteiger partial charge in [-0.2, -0.15) is 0 Å². The van der Waals surface area contributed by atoms with Crippen LogP contribution < -0.4 is 10.1 Å². The zero-order chi connectivity index (χ0) is 13.2. The van der Waals surface area contributed by atoms with Gasteiger partial charge in [-0.15, -0.1) is 0 Å². The third-order valence-electron chi connectivity index (χ3n) is 3.59. The summed E-state index contributed by atoms with van der Waals surface area (Å²) < 4.78 is 5.20. The Morgan fingerprint density at radius 3 is 2.94 bits per heavy atom. The van der Waals surface area contributed by atoms with E-state index in [-0.39, 0.29) is 0 Å². The Bertz CT molecular complexity index is 458. The van der Waals surface area contributed by atoms with Crippen molar-refractivity contribution in [3.8, 4) is 5.75 Å². The first-order valence-corrected chi connectivity index (χ1v) is 6.30. The number of ether oxygens (including phenoxy) is 1. The lowest BCUT2D eigenvalue weighted by Crippen LogP contribution is -2.47. The number of carboxylic acid groups (broad SMARTS) is 1. The summed E-state index contributed by atoms with van der Waals surface area (Å²) in [6, 6.07) is 5.70. The molecule has 1 aliphatic carbocycles. The van der Waals surface area contributed by atoms with E-state index >= 15 is 0 Å². The van der Waals surface area contributed by atoms with Crippen LogP contribution in [0.3, 0.4) is 0 Å². The Labute approximate surface area is 107 Å². The van der Waals surface area contributed by atoms with Gasteiger partial charge in [0.25, 0.3) is 0 Å². The minimum atomic E-state index is -0.945. The summed E-state index contributed by atoms with van der Waals surface area (Å²) in [5, 5.41) is 12.8. The van der Waals surface area contributed by atoms with Crippen LogP contribution in [0, 0.1) is 0 Å². The molecule has 0 saturated carbocycles. The number of hydrogen-bond acceptors (Lipinski definition) is 3. The molecule has 1 aliphatic rings. The third-order valence-corrected chi connectivity index (χ3v) is 3.59. The first-order chi connectivity index (χ1) is 8.64. The van der Waals surface area contributed by atoms with Crippen LogP contribution in [0.2, 0.25) is 0 Å². The highest BCUT2D eigenvalue weighted by atomic mass is 16.5. The number of benzene rings is 1.